The normalized spacial score (nSPS) is 25.3. The van der Waals surface area contributed by atoms with E-state index >= 15 is 0 Å². The number of halogens is 2. The summed E-state index contributed by atoms with van der Waals surface area (Å²) < 4.78 is 27.5. The van der Waals surface area contributed by atoms with Crippen molar-refractivity contribution in [1.82, 2.24) is 4.90 Å². The number of β-amino-alcohol motifs (C(OH)–C–C–N with tert-alkyl or cyclic N) is 1. The fourth-order valence-corrected chi connectivity index (χ4v) is 4.06. The van der Waals surface area contributed by atoms with Crippen molar-refractivity contribution in [3.8, 4) is 0 Å². The Balaban J connectivity index is 1.86. The third kappa shape index (κ3) is 3.25. The van der Waals surface area contributed by atoms with Gasteiger partial charge in [-0.15, -0.1) is 0 Å². The van der Waals surface area contributed by atoms with Gasteiger partial charge in [0.15, 0.2) is 0 Å². The minimum atomic E-state index is -1.34. The summed E-state index contributed by atoms with van der Waals surface area (Å²) in [6.07, 6.45) is 2.46. The average molecular weight is 352 g/mol. The number of benzene rings is 1. The summed E-state index contributed by atoms with van der Waals surface area (Å²) in [4.78, 5) is 25.8. The van der Waals surface area contributed by atoms with Crippen molar-refractivity contribution in [3.63, 3.8) is 0 Å². The van der Waals surface area contributed by atoms with Crippen LogP contribution >= 0.6 is 0 Å². The number of hydrogen-bond donors (Lipinski definition) is 2. The highest BCUT2D eigenvalue weighted by atomic mass is 19.1. The van der Waals surface area contributed by atoms with Crippen LogP contribution in [-0.2, 0) is 15.0 Å². The molecule has 0 aromatic heterocycles. The van der Waals surface area contributed by atoms with Crippen LogP contribution in [0.2, 0.25) is 0 Å². The molecular formula is C18H22F2N2O3. The van der Waals surface area contributed by atoms with Gasteiger partial charge in [-0.3, -0.25) is 9.59 Å². The lowest BCUT2D eigenvalue weighted by Crippen LogP contribution is -2.58. The van der Waals surface area contributed by atoms with Gasteiger partial charge >= 0.3 is 0 Å². The van der Waals surface area contributed by atoms with Crippen LogP contribution in [0.1, 0.15) is 44.1 Å². The molecule has 3 N–H and O–H groups in total. The number of likely N-dealkylation sites (tertiary alicyclic amines) is 1. The third-order valence-corrected chi connectivity index (χ3v) is 5.41. The Morgan fingerprint density at radius 2 is 1.92 bits per heavy atom. The Morgan fingerprint density at radius 3 is 2.48 bits per heavy atom. The Labute approximate surface area is 144 Å². The summed E-state index contributed by atoms with van der Waals surface area (Å²) in [5, 5.41) is 10.6. The molecule has 1 unspecified atom stereocenters. The van der Waals surface area contributed by atoms with Gasteiger partial charge in [0.05, 0.1) is 17.4 Å². The second-order valence-corrected chi connectivity index (χ2v) is 7.26. The van der Waals surface area contributed by atoms with Crippen molar-refractivity contribution in [1.29, 1.82) is 0 Å². The lowest BCUT2D eigenvalue weighted by atomic mass is 9.63. The summed E-state index contributed by atoms with van der Waals surface area (Å²) in [7, 11) is 0. The van der Waals surface area contributed by atoms with E-state index in [1.54, 1.807) is 0 Å². The molecule has 1 saturated heterocycles. The topological polar surface area (TPSA) is 83.6 Å². The van der Waals surface area contributed by atoms with Crippen LogP contribution in [0.5, 0.6) is 0 Å². The number of hydrogen-bond acceptors (Lipinski definition) is 3. The van der Waals surface area contributed by atoms with Crippen molar-refractivity contribution < 1.29 is 23.5 Å². The third-order valence-electron chi connectivity index (χ3n) is 5.41. The Hall–Kier alpha value is -2.02. The van der Waals surface area contributed by atoms with Gasteiger partial charge in [-0.2, -0.15) is 0 Å². The Kier molecular flexibility index (Phi) is 4.53. The van der Waals surface area contributed by atoms with Gasteiger partial charge in [0, 0.05) is 24.7 Å². The molecule has 0 radical (unpaired) electrons. The van der Waals surface area contributed by atoms with Crippen LogP contribution in [0, 0.1) is 11.6 Å². The van der Waals surface area contributed by atoms with E-state index in [1.165, 1.54) is 11.0 Å². The van der Waals surface area contributed by atoms with E-state index in [2.05, 4.69) is 0 Å². The molecule has 5 nitrogen and oxygen atoms in total. The van der Waals surface area contributed by atoms with E-state index in [0.29, 0.717) is 32.2 Å². The molecule has 1 aliphatic heterocycles. The van der Waals surface area contributed by atoms with Crippen molar-refractivity contribution >= 4 is 11.8 Å². The molecule has 0 bridgehead atoms. The summed E-state index contributed by atoms with van der Waals surface area (Å²) >= 11 is 0. The molecule has 1 aromatic carbocycles. The predicted octanol–water partition coefficient (Wildman–Crippen LogP) is 1.62. The van der Waals surface area contributed by atoms with Crippen LogP contribution in [0.15, 0.2) is 18.2 Å². The van der Waals surface area contributed by atoms with E-state index in [1.807, 2.05) is 0 Å². The molecule has 2 fully saturated rings. The number of nitrogens with zero attached hydrogens (tertiary/aromatic N) is 1. The maximum atomic E-state index is 14.3. The number of piperidine rings is 1. The zero-order valence-corrected chi connectivity index (χ0v) is 13.9. The van der Waals surface area contributed by atoms with Gasteiger partial charge in [-0.1, -0.05) is 12.5 Å². The highest BCUT2D eigenvalue weighted by Crippen LogP contribution is 2.47. The van der Waals surface area contributed by atoms with Gasteiger partial charge in [-0.25, -0.2) is 8.78 Å². The van der Waals surface area contributed by atoms with E-state index in [0.717, 1.165) is 18.6 Å². The van der Waals surface area contributed by atoms with Gasteiger partial charge in [0.2, 0.25) is 11.8 Å². The number of aliphatic hydroxyl groups is 1. The summed E-state index contributed by atoms with van der Waals surface area (Å²) in [6.45, 7) is 0.434. The fourth-order valence-electron chi connectivity index (χ4n) is 4.06. The minimum absolute atomic E-state index is 0.000658. The molecule has 2 aliphatic rings. The Bertz CT molecular complexity index is 706. The van der Waals surface area contributed by atoms with Gasteiger partial charge < -0.3 is 15.7 Å². The van der Waals surface area contributed by atoms with Crippen molar-refractivity contribution in [2.75, 3.05) is 13.1 Å². The SMILES string of the molecule is NC(=O)CC1(O)CCCN(C(=O)C2(c3ccc(F)cc3F)CCC2)C1. The Morgan fingerprint density at radius 1 is 1.20 bits per heavy atom. The van der Waals surface area contributed by atoms with Crippen LogP contribution in [0.4, 0.5) is 8.78 Å². The number of nitrogens with two attached hydrogens (primary N) is 1. The quantitative estimate of drug-likeness (QED) is 0.864. The van der Waals surface area contributed by atoms with E-state index in [9.17, 15) is 23.5 Å². The molecule has 3 rings (SSSR count). The zero-order valence-electron chi connectivity index (χ0n) is 13.9. The molecule has 0 spiro atoms. The highest BCUT2D eigenvalue weighted by molar-refractivity contribution is 5.89. The average Bonchev–Trinajstić information content (AvgIpc) is 2.46. The number of amides is 2. The molecular weight excluding hydrogens is 330 g/mol. The molecule has 7 heteroatoms. The van der Waals surface area contributed by atoms with Crippen LogP contribution in [-0.4, -0.2) is 40.5 Å². The van der Waals surface area contributed by atoms with E-state index < -0.39 is 28.6 Å². The van der Waals surface area contributed by atoms with E-state index in [-0.39, 0.29) is 24.4 Å². The number of carbonyl (C=O) groups excluding carboxylic acids is 2. The summed E-state index contributed by atoms with van der Waals surface area (Å²) in [5.74, 6) is -2.30. The molecule has 2 amide bonds. The second-order valence-electron chi connectivity index (χ2n) is 7.26. The zero-order chi connectivity index (χ0) is 18.2. The summed E-state index contributed by atoms with van der Waals surface area (Å²) in [6, 6.07) is 3.29. The van der Waals surface area contributed by atoms with Crippen molar-refractivity contribution in [3.05, 3.63) is 35.4 Å². The van der Waals surface area contributed by atoms with Gasteiger partial charge in [-0.05, 0) is 31.7 Å². The number of carbonyl (C=O) groups is 2. The lowest BCUT2D eigenvalue weighted by molar-refractivity contribution is -0.150. The van der Waals surface area contributed by atoms with E-state index in [4.69, 9.17) is 5.73 Å². The standard InChI is InChI=1S/C18H22F2N2O3/c19-12-3-4-13(14(20)9-12)18(6-1-7-18)16(24)22-8-2-5-17(25,11-22)10-15(21)23/h3-4,9,25H,1-2,5-8,10-11H2,(H2,21,23). The smallest absolute Gasteiger partial charge is 0.233 e. The van der Waals surface area contributed by atoms with Crippen molar-refractivity contribution in [2.24, 2.45) is 5.73 Å². The maximum Gasteiger partial charge on any atom is 0.233 e. The predicted molar refractivity (Wildman–Crippen MR) is 86.5 cm³/mol. The van der Waals surface area contributed by atoms with Gasteiger partial charge in [0.25, 0.3) is 0 Å². The fraction of sp³-hybridized carbons (Fsp3) is 0.556. The molecule has 1 heterocycles. The van der Waals surface area contributed by atoms with Crippen LogP contribution < -0.4 is 5.73 Å². The molecule has 25 heavy (non-hydrogen) atoms. The first-order chi connectivity index (χ1) is 11.8. The lowest BCUT2D eigenvalue weighted by Gasteiger charge is -2.47. The molecule has 136 valence electrons. The first-order valence-electron chi connectivity index (χ1n) is 8.51. The van der Waals surface area contributed by atoms with Crippen LogP contribution in [0.25, 0.3) is 0 Å². The molecule has 1 atom stereocenters. The minimum Gasteiger partial charge on any atom is -0.388 e. The molecule has 1 aliphatic carbocycles. The van der Waals surface area contributed by atoms with Crippen molar-refractivity contribution in [2.45, 2.75) is 49.5 Å². The first kappa shape index (κ1) is 17.8. The monoisotopic (exact) mass is 352 g/mol. The second kappa shape index (κ2) is 6.37. The van der Waals surface area contributed by atoms with Crippen LogP contribution in [0.3, 0.4) is 0 Å². The largest absolute Gasteiger partial charge is 0.388 e. The first-order valence-corrected chi connectivity index (χ1v) is 8.51. The number of primary amides is 1. The van der Waals surface area contributed by atoms with Gasteiger partial charge in [0.1, 0.15) is 11.6 Å². The number of rotatable bonds is 4. The molecule has 1 aromatic rings. The molecule has 1 saturated carbocycles. The highest BCUT2D eigenvalue weighted by Gasteiger charge is 2.51. The maximum absolute atomic E-state index is 14.3. The summed E-state index contributed by atoms with van der Waals surface area (Å²) in [5.41, 5.74) is 3.04.